The van der Waals surface area contributed by atoms with Crippen molar-refractivity contribution in [2.75, 3.05) is 5.73 Å². The summed E-state index contributed by atoms with van der Waals surface area (Å²) in [7, 11) is 0. The Morgan fingerprint density at radius 3 is 2.29 bits per heavy atom. The Bertz CT molecular complexity index is 921. The molecule has 2 N–H and O–H groups in total. The highest BCUT2D eigenvalue weighted by Crippen LogP contribution is 2.43. The van der Waals surface area contributed by atoms with Gasteiger partial charge in [0.2, 0.25) is 0 Å². The summed E-state index contributed by atoms with van der Waals surface area (Å²) in [6.45, 7) is 0. The Morgan fingerprint density at radius 2 is 1.71 bits per heavy atom. The molecule has 1 heterocycles. The topological polar surface area (TPSA) is 86.2 Å². The molecule has 0 aliphatic rings. The lowest BCUT2D eigenvalue weighted by atomic mass is 9.97. The van der Waals surface area contributed by atoms with Gasteiger partial charge in [-0.25, -0.2) is 0 Å². The number of ketones is 1. The van der Waals surface area contributed by atoms with Crippen LogP contribution in [0, 0.1) is 10.1 Å². The molecule has 0 fully saturated rings. The lowest BCUT2D eigenvalue weighted by molar-refractivity contribution is -0.384. The quantitative estimate of drug-likeness (QED) is 0.381. The highest BCUT2D eigenvalue weighted by Gasteiger charge is 2.23. The van der Waals surface area contributed by atoms with E-state index >= 15 is 0 Å². The van der Waals surface area contributed by atoms with Gasteiger partial charge in [0.05, 0.1) is 19.3 Å². The number of thiophene rings is 1. The van der Waals surface area contributed by atoms with E-state index in [1.165, 1.54) is 23.5 Å². The summed E-state index contributed by atoms with van der Waals surface area (Å²) in [5.41, 5.74) is 8.35. The van der Waals surface area contributed by atoms with Crippen molar-refractivity contribution in [1.29, 1.82) is 0 Å². The molecule has 24 heavy (non-hydrogen) atoms. The number of anilines is 1. The van der Waals surface area contributed by atoms with Crippen LogP contribution in [0.5, 0.6) is 0 Å². The van der Waals surface area contributed by atoms with Gasteiger partial charge in [0.1, 0.15) is 0 Å². The number of nitrogens with two attached hydrogens (primary N) is 1. The van der Waals surface area contributed by atoms with Crippen LogP contribution < -0.4 is 5.73 Å². The van der Waals surface area contributed by atoms with E-state index in [9.17, 15) is 14.9 Å². The number of halogens is 1. The molecule has 0 radical (unpaired) electrons. The van der Waals surface area contributed by atoms with Gasteiger partial charge in [0, 0.05) is 23.3 Å². The minimum Gasteiger partial charge on any atom is -0.390 e. The fourth-order valence-electron chi connectivity index (χ4n) is 2.39. The lowest BCUT2D eigenvalue weighted by Crippen LogP contribution is -2.04. The third-order valence-electron chi connectivity index (χ3n) is 3.52. The summed E-state index contributed by atoms with van der Waals surface area (Å²) in [6.07, 6.45) is 0. The van der Waals surface area contributed by atoms with Crippen molar-refractivity contribution in [3.05, 3.63) is 79.6 Å². The van der Waals surface area contributed by atoms with Crippen LogP contribution in [0.1, 0.15) is 15.9 Å². The number of hydrogen-bond donors (Lipinski definition) is 1. The van der Waals surface area contributed by atoms with E-state index in [4.69, 9.17) is 5.73 Å². The molecule has 0 aliphatic heterocycles. The number of nitro groups is 1. The Kier molecular flexibility index (Phi) is 4.46. The van der Waals surface area contributed by atoms with Gasteiger partial charge < -0.3 is 5.73 Å². The molecule has 0 amide bonds. The number of nitrogen functional groups attached to an aromatic ring is 1. The summed E-state index contributed by atoms with van der Waals surface area (Å²) in [5, 5.41) is 11.2. The Balaban J connectivity index is 2.12. The van der Waals surface area contributed by atoms with Crippen LogP contribution in [-0.2, 0) is 0 Å². The van der Waals surface area contributed by atoms with Crippen molar-refractivity contribution in [3.8, 4) is 11.1 Å². The first-order chi connectivity index (χ1) is 11.5. The molecule has 5 nitrogen and oxygen atoms in total. The molecule has 0 unspecified atom stereocenters. The van der Waals surface area contributed by atoms with Crippen molar-refractivity contribution in [2.45, 2.75) is 0 Å². The number of hydrogen-bond acceptors (Lipinski definition) is 5. The van der Waals surface area contributed by atoms with Gasteiger partial charge in [-0.2, -0.15) is 0 Å². The Morgan fingerprint density at radius 1 is 1.08 bits per heavy atom. The predicted octanol–water partition coefficient (Wildman–Crippen LogP) is 4.90. The van der Waals surface area contributed by atoms with Crippen LogP contribution in [0.15, 0.2) is 58.4 Å². The van der Waals surface area contributed by atoms with Crippen LogP contribution >= 0.6 is 27.3 Å². The maximum atomic E-state index is 12.8. The Hall–Kier alpha value is -2.51. The van der Waals surface area contributed by atoms with Gasteiger partial charge in [-0.3, -0.25) is 14.9 Å². The van der Waals surface area contributed by atoms with Gasteiger partial charge in [0.15, 0.2) is 5.78 Å². The van der Waals surface area contributed by atoms with E-state index in [1.54, 1.807) is 36.4 Å². The largest absolute Gasteiger partial charge is 0.390 e. The molecule has 3 rings (SSSR count). The number of nitrogens with zero attached hydrogens (tertiary/aromatic N) is 1. The summed E-state index contributed by atoms with van der Waals surface area (Å²) in [4.78, 5) is 23.2. The molecule has 0 saturated heterocycles. The van der Waals surface area contributed by atoms with Gasteiger partial charge in [0.25, 0.3) is 5.69 Å². The standard InChI is InChI=1S/C17H11BrN2O3S/c18-16-13(10-6-8-12(9-7-10)20(22)23)14(17(19)24-16)15(21)11-4-2-1-3-5-11/h1-9H,19H2. The number of nitro benzene ring substituents is 1. The van der Waals surface area contributed by atoms with Crippen LogP contribution in [0.25, 0.3) is 11.1 Å². The number of carbonyl (C=O) groups excluding carboxylic acids is 1. The van der Waals surface area contributed by atoms with E-state index in [1.807, 2.05) is 6.07 Å². The van der Waals surface area contributed by atoms with Crippen LogP contribution in [0.2, 0.25) is 0 Å². The fraction of sp³-hybridized carbons (Fsp3) is 0. The fourth-order valence-corrected chi connectivity index (χ4v) is 4.15. The summed E-state index contributed by atoms with van der Waals surface area (Å²) < 4.78 is 0.716. The van der Waals surface area contributed by atoms with E-state index in [0.29, 0.717) is 31.0 Å². The van der Waals surface area contributed by atoms with Gasteiger partial charge in [-0.1, -0.05) is 30.3 Å². The zero-order chi connectivity index (χ0) is 17.3. The monoisotopic (exact) mass is 402 g/mol. The first-order valence-electron chi connectivity index (χ1n) is 6.91. The third kappa shape index (κ3) is 2.95. The summed E-state index contributed by atoms with van der Waals surface area (Å²) in [6, 6.07) is 14.9. The zero-order valence-corrected chi connectivity index (χ0v) is 14.6. The minimum atomic E-state index is -0.461. The molecular formula is C17H11BrN2O3S. The molecule has 0 bridgehead atoms. The summed E-state index contributed by atoms with van der Waals surface area (Å²) in [5.74, 6) is -0.177. The minimum absolute atomic E-state index is 0.00555. The van der Waals surface area contributed by atoms with E-state index in [2.05, 4.69) is 15.9 Å². The van der Waals surface area contributed by atoms with Crippen molar-refractivity contribution in [1.82, 2.24) is 0 Å². The molecule has 0 spiro atoms. The lowest BCUT2D eigenvalue weighted by Gasteiger charge is -2.06. The molecule has 0 atom stereocenters. The maximum absolute atomic E-state index is 12.8. The molecule has 7 heteroatoms. The second kappa shape index (κ2) is 6.54. The first kappa shape index (κ1) is 16.4. The molecular weight excluding hydrogens is 392 g/mol. The van der Waals surface area contributed by atoms with Crippen LogP contribution in [-0.4, -0.2) is 10.7 Å². The zero-order valence-electron chi connectivity index (χ0n) is 12.2. The number of benzene rings is 2. The third-order valence-corrected chi connectivity index (χ3v) is 5.21. The van der Waals surface area contributed by atoms with Crippen molar-refractivity contribution in [2.24, 2.45) is 0 Å². The van der Waals surface area contributed by atoms with Crippen molar-refractivity contribution >= 4 is 43.7 Å². The van der Waals surface area contributed by atoms with E-state index in [0.717, 1.165) is 0 Å². The molecule has 0 saturated carbocycles. The molecule has 0 aliphatic carbocycles. The normalized spacial score (nSPS) is 10.5. The van der Waals surface area contributed by atoms with Gasteiger partial charge in [-0.05, 0) is 33.6 Å². The van der Waals surface area contributed by atoms with Gasteiger partial charge in [-0.15, -0.1) is 11.3 Å². The Labute approximate surface area is 150 Å². The average molecular weight is 403 g/mol. The molecule has 1 aromatic heterocycles. The highest BCUT2D eigenvalue weighted by atomic mass is 79.9. The number of rotatable bonds is 4. The van der Waals surface area contributed by atoms with E-state index < -0.39 is 4.92 Å². The smallest absolute Gasteiger partial charge is 0.269 e. The van der Waals surface area contributed by atoms with Crippen LogP contribution in [0.4, 0.5) is 10.7 Å². The summed E-state index contributed by atoms with van der Waals surface area (Å²) >= 11 is 4.71. The second-order valence-corrected chi connectivity index (χ2v) is 7.36. The molecule has 2 aromatic carbocycles. The highest BCUT2D eigenvalue weighted by molar-refractivity contribution is 9.11. The van der Waals surface area contributed by atoms with Gasteiger partial charge >= 0.3 is 0 Å². The maximum Gasteiger partial charge on any atom is 0.269 e. The second-order valence-electron chi connectivity index (χ2n) is 4.99. The molecule has 3 aromatic rings. The van der Waals surface area contributed by atoms with Crippen molar-refractivity contribution < 1.29 is 9.72 Å². The predicted molar refractivity (Wildman–Crippen MR) is 98.4 cm³/mol. The van der Waals surface area contributed by atoms with Crippen molar-refractivity contribution in [3.63, 3.8) is 0 Å². The first-order valence-corrected chi connectivity index (χ1v) is 8.52. The molecule has 120 valence electrons. The van der Waals surface area contributed by atoms with Crippen LogP contribution in [0.3, 0.4) is 0 Å². The number of non-ortho nitro benzene ring substituents is 1. The SMILES string of the molecule is Nc1sc(Br)c(-c2ccc([N+](=O)[O-])cc2)c1C(=O)c1ccccc1. The number of carbonyl (C=O) groups is 1. The van der Waals surface area contributed by atoms with E-state index in [-0.39, 0.29) is 11.5 Å². The average Bonchev–Trinajstić information content (AvgIpc) is 2.89.